The van der Waals surface area contributed by atoms with Crippen LogP contribution in [-0.2, 0) is 0 Å². The van der Waals surface area contributed by atoms with Crippen molar-refractivity contribution in [3.63, 3.8) is 0 Å². The number of hydrogen-bond donors (Lipinski definition) is 1. The SMILES string of the molecule is CCN1CCC(N(C)C(N)=S)CC1. The second kappa shape index (κ2) is 4.77. The van der Waals surface area contributed by atoms with Crippen LogP contribution in [0, 0.1) is 0 Å². The molecule has 2 N–H and O–H groups in total. The van der Waals surface area contributed by atoms with Crippen molar-refractivity contribution < 1.29 is 0 Å². The first-order valence-electron chi connectivity index (χ1n) is 4.89. The minimum Gasteiger partial charge on any atom is -0.376 e. The van der Waals surface area contributed by atoms with Gasteiger partial charge in [0.15, 0.2) is 5.11 Å². The average Bonchev–Trinajstić information content (AvgIpc) is 2.17. The van der Waals surface area contributed by atoms with Crippen LogP contribution in [0.5, 0.6) is 0 Å². The highest BCUT2D eigenvalue weighted by Crippen LogP contribution is 2.14. The Hall–Kier alpha value is -0.350. The van der Waals surface area contributed by atoms with Crippen molar-refractivity contribution in [2.24, 2.45) is 5.73 Å². The summed E-state index contributed by atoms with van der Waals surface area (Å²) in [5.74, 6) is 0. The number of nitrogens with zero attached hydrogens (tertiary/aromatic N) is 2. The molecule has 13 heavy (non-hydrogen) atoms. The van der Waals surface area contributed by atoms with E-state index < -0.39 is 0 Å². The molecule has 1 fully saturated rings. The zero-order valence-electron chi connectivity index (χ0n) is 8.49. The van der Waals surface area contributed by atoms with E-state index in [0.29, 0.717) is 11.2 Å². The molecule has 0 aromatic heterocycles. The van der Waals surface area contributed by atoms with E-state index in [1.807, 2.05) is 11.9 Å². The smallest absolute Gasteiger partial charge is 0.166 e. The van der Waals surface area contributed by atoms with Gasteiger partial charge in [0.05, 0.1) is 0 Å². The molecule has 0 amide bonds. The monoisotopic (exact) mass is 201 g/mol. The highest BCUT2D eigenvalue weighted by Gasteiger charge is 2.21. The van der Waals surface area contributed by atoms with Gasteiger partial charge >= 0.3 is 0 Å². The van der Waals surface area contributed by atoms with Gasteiger partial charge < -0.3 is 15.5 Å². The summed E-state index contributed by atoms with van der Waals surface area (Å²) in [4.78, 5) is 4.49. The molecule has 1 saturated heterocycles. The zero-order chi connectivity index (χ0) is 9.84. The Kier molecular flexibility index (Phi) is 3.93. The molecule has 0 aromatic rings. The molecule has 1 aliphatic heterocycles. The molecule has 4 heteroatoms. The summed E-state index contributed by atoms with van der Waals surface area (Å²) in [7, 11) is 1.99. The third kappa shape index (κ3) is 2.81. The molecular weight excluding hydrogens is 182 g/mol. The van der Waals surface area contributed by atoms with Gasteiger partial charge in [-0.2, -0.15) is 0 Å². The number of hydrogen-bond acceptors (Lipinski definition) is 2. The molecule has 0 aromatic carbocycles. The normalized spacial score (nSPS) is 20.2. The molecule has 1 aliphatic rings. The van der Waals surface area contributed by atoms with Crippen LogP contribution < -0.4 is 5.73 Å². The van der Waals surface area contributed by atoms with Gasteiger partial charge in [0.1, 0.15) is 0 Å². The highest BCUT2D eigenvalue weighted by molar-refractivity contribution is 7.80. The van der Waals surface area contributed by atoms with Crippen LogP contribution in [0.3, 0.4) is 0 Å². The number of thiocarbonyl (C=S) groups is 1. The number of rotatable bonds is 2. The molecule has 76 valence electrons. The van der Waals surface area contributed by atoms with Crippen molar-refractivity contribution in [2.75, 3.05) is 26.7 Å². The van der Waals surface area contributed by atoms with Crippen LogP contribution in [0.4, 0.5) is 0 Å². The van der Waals surface area contributed by atoms with E-state index in [9.17, 15) is 0 Å². The largest absolute Gasteiger partial charge is 0.376 e. The summed E-state index contributed by atoms with van der Waals surface area (Å²) in [6.07, 6.45) is 2.36. The number of piperidine rings is 1. The summed E-state index contributed by atoms with van der Waals surface area (Å²) in [6.45, 7) is 5.71. The molecular formula is C9H19N3S. The van der Waals surface area contributed by atoms with Crippen LogP contribution in [0.25, 0.3) is 0 Å². The second-order valence-corrected chi connectivity index (χ2v) is 4.03. The Morgan fingerprint density at radius 1 is 1.54 bits per heavy atom. The van der Waals surface area contributed by atoms with Crippen molar-refractivity contribution in [3.05, 3.63) is 0 Å². The maximum absolute atomic E-state index is 5.58. The van der Waals surface area contributed by atoms with Crippen molar-refractivity contribution in [3.8, 4) is 0 Å². The molecule has 0 aliphatic carbocycles. The van der Waals surface area contributed by atoms with Crippen LogP contribution in [0.15, 0.2) is 0 Å². The Morgan fingerprint density at radius 3 is 2.46 bits per heavy atom. The summed E-state index contributed by atoms with van der Waals surface area (Å²) in [5.41, 5.74) is 5.58. The van der Waals surface area contributed by atoms with Crippen molar-refractivity contribution in [1.82, 2.24) is 9.80 Å². The Morgan fingerprint density at radius 2 is 2.08 bits per heavy atom. The Balaban J connectivity index is 2.36. The van der Waals surface area contributed by atoms with Gasteiger partial charge in [-0.1, -0.05) is 6.92 Å². The van der Waals surface area contributed by atoms with E-state index in [2.05, 4.69) is 11.8 Å². The molecule has 0 unspecified atom stereocenters. The lowest BCUT2D eigenvalue weighted by Gasteiger charge is -2.36. The molecule has 0 atom stereocenters. The van der Waals surface area contributed by atoms with E-state index in [4.69, 9.17) is 18.0 Å². The first-order valence-corrected chi connectivity index (χ1v) is 5.30. The van der Waals surface area contributed by atoms with Gasteiger partial charge in [0.2, 0.25) is 0 Å². The summed E-state index contributed by atoms with van der Waals surface area (Å²) in [6, 6.07) is 0.556. The molecule has 0 bridgehead atoms. The van der Waals surface area contributed by atoms with Crippen LogP contribution in [-0.4, -0.2) is 47.6 Å². The summed E-state index contributed by atoms with van der Waals surface area (Å²) >= 11 is 4.95. The Labute approximate surface area is 85.9 Å². The fourth-order valence-corrected chi connectivity index (χ4v) is 1.95. The quantitative estimate of drug-likeness (QED) is 0.665. The second-order valence-electron chi connectivity index (χ2n) is 3.61. The fraction of sp³-hybridized carbons (Fsp3) is 0.889. The van der Waals surface area contributed by atoms with Gasteiger partial charge in [-0.05, 0) is 31.6 Å². The highest BCUT2D eigenvalue weighted by atomic mass is 32.1. The van der Waals surface area contributed by atoms with E-state index in [1.165, 1.54) is 25.9 Å². The maximum atomic E-state index is 5.58. The van der Waals surface area contributed by atoms with E-state index in [0.717, 1.165) is 6.54 Å². The predicted octanol–water partition coefficient (Wildman–Crippen LogP) is 0.646. The minimum atomic E-state index is 0.523. The van der Waals surface area contributed by atoms with Crippen LogP contribution in [0.2, 0.25) is 0 Å². The lowest BCUT2D eigenvalue weighted by molar-refractivity contribution is 0.172. The molecule has 0 spiro atoms. The van der Waals surface area contributed by atoms with Crippen molar-refractivity contribution >= 4 is 17.3 Å². The molecule has 1 heterocycles. The molecule has 0 saturated carbocycles. The third-order valence-corrected chi connectivity index (χ3v) is 3.19. The van der Waals surface area contributed by atoms with E-state index in [1.54, 1.807) is 0 Å². The van der Waals surface area contributed by atoms with Crippen molar-refractivity contribution in [1.29, 1.82) is 0 Å². The molecule has 0 radical (unpaired) electrons. The summed E-state index contributed by atoms with van der Waals surface area (Å²) < 4.78 is 0. The van der Waals surface area contributed by atoms with Gasteiger partial charge in [-0.3, -0.25) is 0 Å². The Bertz CT molecular complexity index is 176. The average molecular weight is 201 g/mol. The molecule has 1 rings (SSSR count). The van der Waals surface area contributed by atoms with Crippen LogP contribution >= 0.6 is 12.2 Å². The first-order chi connectivity index (χ1) is 6.15. The van der Waals surface area contributed by atoms with Crippen molar-refractivity contribution in [2.45, 2.75) is 25.8 Å². The minimum absolute atomic E-state index is 0.523. The lowest BCUT2D eigenvalue weighted by atomic mass is 10.0. The van der Waals surface area contributed by atoms with E-state index >= 15 is 0 Å². The topological polar surface area (TPSA) is 32.5 Å². The summed E-state index contributed by atoms with van der Waals surface area (Å²) in [5, 5.41) is 0.523. The van der Waals surface area contributed by atoms with Gasteiger partial charge in [-0.25, -0.2) is 0 Å². The predicted molar refractivity (Wildman–Crippen MR) is 59.7 cm³/mol. The number of likely N-dealkylation sites (tertiary alicyclic amines) is 1. The zero-order valence-corrected chi connectivity index (χ0v) is 9.31. The van der Waals surface area contributed by atoms with Crippen LogP contribution in [0.1, 0.15) is 19.8 Å². The molecule has 3 nitrogen and oxygen atoms in total. The number of nitrogens with two attached hydrogens (primary N) is 1. The lowest BCUT2D eigenvalue weighted by Crippen LogP contribution is -2.47. The first kappa shape index (κ1) is 10.7. The van der Waals surface area contributed by atoms with Gasteiger partial charge in [-0.15, -0.1) is 0 Å². The maximum Gasteiger partial charge on any atom is 0.166 e. The standard InChI is InChI=1S/C9H19N3S/c1-3-12-6-4-8(5-7-12)11(2)9(10)13/h8H,3-7H2,1-2H3,(H2,10,13). The van der Waals surface area contributed by atoms with E-state index in [-0.39, 0.29) is 0 Å². The fourth-order valence-electron chi connectivity index (χ4n) is 1.80. The third-order valence-electron chi connectivity index (χ3n) is 2.90. The van der Waals surface area contributed by atoms with Gasteiger partial charge in [0, 0.05) is 26.2 Å². The van der Waals surface area contributed by atoms with Gasteiger partial charge in [0.25, 0.3) is 0 Å².